The molecular weight excluding hydrogens is 242 g/mol. The number of aromatic nitrogens is 1. The third kappa shape index (κ3) is 2.76. The average molecular weight is 259 g/mol. The molecule has 3 nitrogen and oxygen atoms in total. The van der Waals surface area contributed by atoms with Crippen LogP contribution in [-0.4, -0.2) is 25.3 Å². The summed E-state index contributed by atoms with van der Waals surface area (Å²) in [7, 11) is 4.05. The third-order valence-electron chi connectivity index (χ3n) is 2.73. The van der Waals surface area contributed by atoms with Crippen LogP contribution in [0.3, 0.4) is 0 Å². The molecule has 0 radical (unpaired) electrons. The largest absolute Gasteiger partial charge is 0.384 e. The molecular formula is C14H17N3S. The van der Waals surface area contributed by atoms with Crippen molar-refractivity contribution in [1.29, 1.82) is 0 Å². The fourth-order valence-electron chi connectivity index (χ4n) is 1.72. The Labute approximate surface area is 112 Å². The minimum Gasteiger partial charge on any atom is -0.384 e. The summed E-state index contributed by atoms with van der Waals surface area (Å²) in [5.41, 5.74) is 9.00. The maximum absolute atomic E-state index is 5.82. The van der Waals surface area contributed by atoms with Crippen LogP contribution in [0.15, 0.2) is 41.3 Å². The van der Waals surface area contributed by atoms with Crippen LogP contribution in [-0.2, 0) is 0 Å². The summed E-state index contributed by atoms with van der Waals surface area (Å²) in [6.45, 7) is 0. The highest BCUT2D eigenvalue weighted by Crippen LogP contribution is 2.26. The van der Waals surface area contributed by atoms with E-state index in [1.54, 1.807) is 11.8 Å². The number of pyridine rings is 1. The summed E-state index contributed by atoms with van der Waals surface area (Å²) in [4.78, 5) is 7.58. The molecule has 2 rings (SSSR count). The average Bonchev–Trinajstić information content (AvgIpc) is 2.38. The van der Waals surface area contributed by atoms with E-state index < -0.39 is 0 Å². The number of hydrogen-bond donors (Lipinski definition) is 1. The minimum absolute atomic E-state index is 0.563. The van der Waals surface area contributed by atoms with Gasteiger partial charge in [-0.2, -0.15) is 0 Å². The first-order valence-corrected chi connectivity index (χ1v) is 6.92. The van der Waals surface area contributed by atoms with E-state index in [1.165, 1.54) is 5.69 Å². The number of hydrogen-bond acceptors (Lipinski definition) is 4. The molecule has 1 heterocycles. The Kier molecular flexibility index (Phi) is 3.77. The standard InChI is InChI=1S/C14H17N3S/c1-17(2)11-6-4-10(5-7-11)13-8-12(18-3)9-14(15)16-13/h4-9H,1-3H3,(H2,15,16). The number of benzene rings is 1. The second kappa shape index (κ2) is 5.31. The fourth-order valence-corrected chi connectivity index (χ4v) is 2.19. The van der Waals surface area contributed by atoms with Crippen molar-refractivity contribution in [1.82, 2.24) is 4.98 Å². The van der Waals surface area contributed by atoms with Gasteiger partial charge in [-0.15, -0.1) is 11.8 Å². The van der Waals surface area contributed by atoms with Gasteiger partial charge in [-0.3, -0.25) is 0 Å². The monoisotopic (exact) mass is 259 g/mol. The number of nitrogen functional groups attached to an aromatic ring is 1. The summed E-state index contributed by atoms with van der Waals surface area (Å²) in [5, 5.41) is 0. The van der Waals surface area contributed by atoms with Crippen LogP contribution in [0.25, 0.3) is 11.3 Å². The van der Waals surface area contributed by atoms with Crippen LogP contribution in [0.1, 0.15) is 0 Å². The van der Waals surface area contributed by atoms with Crippen molar-refractivity contribution in [3.8, 4) is 11.3 Å². The Bertz CT molecular complexity index is 535. The van der Waals surface area contributed by atoms with Gasteiger partial charge in [-0.05, 0) is 30.5 Å². The number of thioether (sulfide) groups is 1. The van der Waals surface area contributed by atoms with Gasteiger partial charge in [0.1, 0.15) is 5.82 Å². The van der Waals surface area contributed by atoms with E-state index in [1.807, 2.05) is 26.4 Å². The molecule has 0 saturated heterocycles. The zero-order valence-electron chi connectivity index (χ0n) is 10.8. The molecule has 0 unspecified atom stereocenters. The lowest BCUT2D eigenvalue weighted by molar-refractivity contribution is 1.13. The van der Waals surface area contributed by atoms with Crippen molar-refractivity contribution in [2.75, 3.05) is 31.0 Å². The Balaban J connectivity index is 2.39. The Morgan fingerprint density at radius 1 is 1.11 bits per heavy atom. The smallest absolute Gasteiger partial charge is 0.125 e. The van der Waals surface area contributed by atoms with Gasteiger partial charge in [-0.25, -0.2) is 4.98 Å². The Hall–Kier alpha value is -1.68. The molecule has 0 atom stereocenters. The van der Waals surface area contributed by atoms with E-state index in [9.17, 15) is 0 Å². The van der Waals surface area contributed by atoms with Crippen molar-refractivity contribution in [3.63, 3.8) is 0 Å². The molecule has 94 valence electrons. The predicted octanol–water partition coefficient (Wildman–Crippen LogP) is 3.12. The van der Waals surface area contributed by atoms with Crippen LogP contribution in [0.5, 0.6) is 0 Å². The highest BCUT2D eigenvalue weighted by atomic mass is 32.2. The molecule has 4 heteroatoms. The molecule has 0 saturated carbocycles. The van der Waals surface area contributed by atoms with E-state index in [0.717, 1.165) is 16.2 Å². The molecule has 0 aliphatic rings. The van der Waals surface area contributed by atoms with Gasteiger partial charge in [0.2, 0.25) is 0 Å². The maximum Gasteiger partial charge on any atom is 0.125 e. The second-order valence-corrected chi connectivity index (χ2v) is 5.14. The first kappa shape index (κ1) is 12.8. The molecule has 18 heavy (non-hydrogen) atoms. The van der Waals surface area contributed by atoms with E-state index in [0.29, 0.717) is 5.82 Å². The SMILES string of the molecule is CSc1cc(N)nc(-c2ccc(N(C)C)cc2)c1. The minimum atomic E-state index is 0.563. The normalized spacial score (nSPS) is 10.4. The number of anilines is 2. The third-order valence-corrected chi connectivity index (χ3v) is 3.44. The van der Waals surface area contributed by atoms with Gasteiger partial charge in [0.25, 0.3) is 0 Å². The molecule has 0 amide bonds. The first-order chi connectivity index (χ1) is 8.60. The van der Waals surface area contributed by atoms with Gasteiger partial charge in [-0.1, -0.05) is 12.1 Å². The van der Waals surface area contributed by atoms with Crippen LogP contribution >= 0.6 is 11.8 Å². The van der Waals surface area contributed by atoms with Gasteiger partial charge >= 0.3 is 0 Å². The van der Waals surface area contributed by atoms with Gasteiger partial charge in [0, 0.05) is 30.2 Å². The molecule has 1 aromatic heterocycles. The van der Waals surface area contributed by atoms with Gasteiger partial charge in [0.15, 0.2) is 0 Å². The summed E-state index contributed by atoms with van der Waals surface area (Å²) in [5.74, 6) is 0.563. The quantitative estimate of drug-likeness (QED) is 0.860. The van der Waals surface area contributed by atoms with Crippen LogP contribution in [0.2, 0.25) is 0 Å². The predicted molar refractivity (Wildman–Crippen MR) is 80.2 cm³/mol. The van der Waals surface area contributed by atoms with Crippen molar-refractivity contribution >= 4 is 23.3 Å². The lowest BCUT2D eigenvalue weighted by atomic mass is 10.1. The Morgan fingerprint density at radius 2 is 1.78 bits per heavy atom. The molecule has 0 spiro atoms. The lowest BCUT2D eigenvalue weighted by Crippen LogP contribution is -2.07. The highest BCUT2D eigenvalue weighted by Gasteiger charge is 2.04. The summed E-state index contributed by atoms with van der Waals surface area (Å²) >= 11 is 1.67. The maximum atomic E-state index is 5.82. The van der Waals surface area contributed by atoms with Crippen LogP contribution in [0.4, 0.5) is 11.5 Å². The molecule has 1 aromatic carbocycles. The van der Waals surface area contributed by atoms with E-state index >= 15 is 0 Å². The van der Waals surface area contributed by atoms with Crippen molar-refractivity contribution in [2.45, 2.75) is 4.90 Å². The lowest BCUT2D eigenvalue weighted by Gasteiger charge is -2.12. The molecule has 0 aliphatic heterocycles. The highest BCUT2D eigenvalue weighted by molar-refractivity contribution is 7.98. The van der Waals surface area contributed by atoms with E-state index in [2.05, 4.69) is 40.2 Å². The van der Waals surface area contributed by atoms with Crippen LogP contribution < -0.4 is 10.6 Å². The van der Waals surface area contributed by atoms with Crippen molar-refractivity contribution < 1.29 is 0 Å². The number of rotatable bonds is 3. The molecule has 0 fully saturated rings. The zero-order valence-corrected chi connectivity index (χ0v) is 11.7. The van der Waals surface area contributed by atoms with Gasteiger partial charge < -0.3 is 10.6 Å². The fraction of sp³-hybridized carbons (Fsp3) is 0.214. The molecule has 0 bridgehead atoms. The molecule has 2 N–H and O–H groups in total. The zero-order chi connectivity index (χ0) is 13.1. The molecule has 0 aliphatic carbocycles. The van der Waals surface area contributed by atoms with Gasteiger partial charge in [0.05, 0.1) is 5.69 Å². The second-order valence-electron chi connectivity index (χ2n) is 4.26. The number of nitrogens with two attached hydrogens (primary N) is 1. The molecule has 2 aromatic rings. The topological polar surface area (TPSA) is 42.1 Å². The van der Waals surface area contributed by atoms with E-state index in [4.69, 9.17) is 5.73 Å². The van der Waals surface area contributed by atoms with Crippen molar-refractivity contribution in [3.05, 3.63) is 36.4 Å². The Morgan fingerprint density at radius 3 is 2.33 bits per heavy atom. The van der Waals surface area contributed by atoms with Crippen molar-refractivity contribution in [2.24, 2.45) is 0 Å². The summed E-state index contributed by atoms with van der Waals surface area (Å²) < 4.78 is 0. The summed E-state index contributed by atoms with van der Waals surface area (Å²) in [6, 6.07) is 12.3. The van der Waals surface area contributed by atoms with E-state index in [-0.39, 0.29) is 0 Å². The first-order valence-electron chi connectivity index (χ1n) is 5.69. The summed E-state index contributed by atoms with van der Waals surface area (Å²) in [6.07, 6.45) is 2.04. The van der Waals surface area contributed by atoms with Crippen LogP contribution in [0, 0.1) is 0 Å². The number of nitrogens with zero attached hydrogens (tertiary/aromatic N) is 2.